The summed E-state index contributed by atoms with van der Waals surface area (Å²) in [6, 6.07) is 4.38. The number of nitrogens with zero attached hydrogens (tertiary/aromatic N) is 1. The Kier molecular flexibility index (Phi) is 9.48. The lowest BCUT2D eigenvalue weighted by Crippen LogP contribution is -2.43. The topological polar surface area (TPSA) is 65.9 Å². The predicted octanol–water partition coefficient (Wildman–Crippen LogP) is 3.41. The normalized spacial score (nSPS) is 16.4. The highest BCUT2D eigenvalue weighted by molar-refractivity contribution is 14.0. The molecular formula is C18H29FIN3O2. The van der Waals surface area contributed by atoms with Crippen LogP contribution >= 0.6 is 24.0 Å². The van der Waals surface area contributed by atoms with E-state index in [0.717, 1.165) is 25.1 Å². The Balaban J connectivity index is 0.00000312. The summed E-state index contributed by atoms with van der Waals surface area (Å²) >= 11 is 0. The number of hydrogen-bond donors (Lipinski definition) is 3. The van der Waals surface area contributed by atoms with Crippen molar-refractivity contribution >= 4 is 29.9 Å². The Bertz CT molecular complexity index is 563. The first-order valence-corrected chi connectivity index (χ1v) is 8.49. The highest BCUT2D eigenvalue weighted by Crippen LogP contribution is 2.40. The van der Waals surface area contributed by atoms with Crippen molar-refractivity contribution in [1.82, 2.24) is 10.6 Å². The summed E-state index contributed by atoms with van der Waals surface area (Å²) in [5.41, 5.74) is 1.03. The Morgan fingerprint density at radius 1 is 1.32 bits per heavy atom. The van der Waals surface area contributed by atoms with Crippen LogP contribution in [0.4, 0.5) is 4.39 Å². The quantitative estimate of drug-likeness (QED) is 0.328. The first-order valence-electron chi connectivity index (χ1n) is 8.49. The summed E-state index contributed by atoms with van der Waals surface area (Å²) < 4.78 is 18.6. The van der Waals surface area contributed by atoms with Gasteiger partial charge in [-0.05, 0) is 42.4 Å². The van der Waals surface area contributed by atoms with Crippen molar-refractivity contribution in [3.63, 3.8) is 0 Å². The molecule has 25 heavy (non-hydrogen) atoms. The molecule has 0 radical (unpaired) electrons. The number of aliphatic imine (C=N–C) groups is 1. The Labute approximate surface area is 166 Å². The number of ether oxygens (including phenoxy) is 1. The van der Waals surface area contributed by atoms with Crippen LogP contribution in [0.2, 0.25) is 0 Å². The van der Waals surface area contributed by atoms with E-state index in [9.17, 15) is 9.50 Å². The Morgan fingerprint density at radius 3 is 2.64 bits per heavy atom. The van der Waals surface area contributed by atoms with Crippen LogP contribution in [0.15, 0.2) is 23.2 Å². The molecule has 0 atom stereocenters. The largest absolute Gasteiger partial charge is 0.505 e. The fourth-order valence-corrected chi connectivity index (χ4v) is 3.30. The van der Waals surface area contributed by atoms with Crippen LogP contribution in [0, 0.1) is 11.2 Å². The minimum absolute atomic E-state index is 0. The monoisotopic (exact) mass is 465 g/mol. The zero-order valence-electron chi connectivity index (χ0n) is 15.0. The van der Waals surface area contributed by atoms with Gasteiger partial charge in [0.15, 0.2) is 17.5 Å². The van der Waals surface area contributed by atoms with Crippen molar-refractivity contribution in [2.75, 3.05) is 27.3 Å². The molecule has 0 aliphatic heterocycles. The number of rotatable bonds is 7. The molecule has 1 aliphatic rings. The molecule has 2 rings (SSSR count). The molecule has 1 aromatic carbocycles. The zero-order chi connectivity index (χ0) is 17.4. The van der Waals surface area contributed by atoms with E-state index in [0.29, 0.717) is 12.5 Å². The van der Waals surface area contributed by atoms with Crippen LogP contribution < -0.4 is 10.6 Å². The van der Waals surface area contributed by atoms with Crippen molar-refractivity contribution in [3.05, 3.63) is 29.6 Å². The van der Waals surface area contributed by atoms with Gasteiger partial charge in [-0.15, -0.1) is 24.0 Å². The van der Waals surface area contributed by atoms with Gasteiger partial charge in [0, 0.05) is 33.9 Å². The number of phenols is 1. The van der Waals surface area contributed by atoms with E-state index in [-0.39, 0.29) is 35.1 Å². The maximum atomic E-state index is 13.4. The van der Waals surface area contributed by atoms with E-state index in [1.54, 1.807) is 20.2 Å². The van der Waals surface area contributed by atoms with Crippen LogP contribution in [-0.2, 0) is 11.3 Å². The van der Waals surface area contributed by atoms with E-state index in [4.69, 9.17) is 4.74 Å². The standard InChI is InChI=1S/C18H28FN3O2.HI/c1-20-17(21-12-14-5-6-16(23)15(19)11-14)22-13-18(9-10-24-2)7-3-4-8-18;/h5-6,11,23H,3-4,7-10,12-13H2,1-2H3,(H2,20,21,22);1H. The fraction of sp³-hybridized carbons (Fsp3) is 0.611. The van der Waals surface area contributed by atoms with Crippen molar-refractivity contribution in [3.8, 4) is 5.75 Å². The van der Waals surface area contributed by atoms with E-state index < -0.39 is 5.82 Å². The van der Waals surface area contributed by atoms with Crippen molar-refractivity contribution in [2.24, 2.45) is 10.4 Å². The highest BCUT2D eigenvalue weighted by Gasteiger charge is 2.33. The molecule has 7 heteroatoms. The smallest absolute Gasteiger partial charge is 0.191 e. The van der Waals surface area contributed by atoms with Crippen LogP contribution in [0.3, 0.4) is 0 Å². The second-order valence-electron chi connectivity index (χ2n) is 6.51. The lowest BCUT2D eigenvalue weighted by molar-refractivity contribution is 0.138. The van der Waals surface area contributed by atoms with Gasteiger partial charge in [0.25, 0.3) is 0 Å². The number of benzene rings is 1. The molecule has 1 aromatic rings. The second-order valence-corrected chi connectivity index (χ2v) is 6.51. The van der Waals surface area contributed by atoms with Gasteiger partial charge in [-0.1, -0.05) is 18.9 Å². The molecule has 3 N–H and O–H groups in total. The highest BCUT2D eigenvalue weighted by atomic mass is 127. The lowest BCUT2D eigenvalue weighted by atomic mass is 9.83. The van der Waals surface area contributed by atoms with Gasteiger partial charge in [0.05, 0.1) is 0 Å². The van der Waals surface area contributed by atoms with Crippen molar-refractivity contribution < 1.29 is 14.2 Å². The van der Waals surface area contributed by atoms with Gasteiger partial charge < -0.3 is 20.5 Å². The van der Waals surface area contributed by atoms with E-state index in [2.05, 4.69) is 15.6 Å². The third-order valence-electron chi connectivity index (χ3n) is 4.83. The Morgan fingerprint density at radius 2 is 2.04 bits per heavy atom. The van der Waals surface area contributed by atoms with Crippen molar-refractivity contribution in [1.29, 1.82) is 0 Å². The number of halogens is 2. The molecule has 142 valence electrons. The zero-order valence-corrected chi connectivity index (χ0v) is 17.3. The molecule has 0 heterocycles. The second kappa shape index (κ2) is 10.8. The molecule has 1 fully saturated rings. The van der Waals surface area contributed by atoms with Gasteiger partial charge in [0.1, 0.15) is 0 Å². The van der Waals surface area contributed by atoms with Crippen LogP contribution in [0.1, 0.15) is 37.7 Å². The number of aromatic hydroxyl groups is 1. The lowest BCUT2D eigenvalue weighted by Gasteiger charge is -2.30. The minimum atomic E-state index is -0.610. The van der Waals surface area contributed by atoms with Crippen LogP contribution in [0.25, 0.3) is 0 Å². The summed E-state index contributed by atoms with van der Waals surface area (Å²) in [4.78, 5) is 4.24. The van der Waals surface area contributed by atoms with Gasteiger partial charge >= 0.3 is 0 Å². The third kappa shape index (κ3) is 6.62. The number of hydrogen-bond acceptors (Lipinski definition) is 3. The van der Waals surface area contributed by atoms with E-state index in [1.807, 2.05) is 0 Å². The molecule has 1 aliphatic carbocycles. The van der Waals surface area contributed by atoms with Crippen LogP contribution in [-0.4, -0.2) is 38.4 Å². The van der Waals surface area contributed by atoms with Crippen LogP contribution in [0.5, 0.6) is 5.75 Å². The first-order chi connectivity index (χ1) is 11.6. The van der Waals surface area contributed by atoms with Gasteiger partial charge in [-0.2, -0.15) is 0 Å². The third-order valence-corrected chi connectivity index (χ3v) is 4.83. The molecule has 0 spiro atoms. The van der Waals surface area contributed by atoms with Crippen molar-refractivity contribution in [2.45, 2.75) is 38.6 Å². The van der Waals surface area contributed by atoms with E-state index in [1.165, 1.54) is 37.8 Å². The van der Waals surface area contributed by atoms with E-state index >= 15 is 0 Å². The summed E-state index contributed by atoms with van der Waals surface area (Å²) in [5.74, 6) is -0.239. The Hall–Kier alpha value is -1.09. The number of methoxy groups -OCH3 is 1. The SMILES string of the molecule is CN=C(NCc1ccc(O)c(F)c1)NCC1(CCOC)CCCC1.I. The maximum Gasteiger partial charge on any atom is 0.191 e. The molecule has 0 saturated heterocycles. The summed E-state index contributed by atoms with van der Waals surface area (Å²) in [6.45, 7) is 2.09. The molecule has 0 amide bonds. The molecule has 0 bridgehead atoms. The summed E-state index contributed by atoms with van der Waals surface area (Å²) in [6.07, 6.45) is 6.01. The average molecular weight is 465 g/mol. The first kappa shape index (κ1) is 22.0. The molecule has 5 nitrogen and oxygen atoms in total. The maximum absolute atomic E-state index is 13.4. The molecular weight excluding hydrogens is 436 g/mol. The number of phenolic OH excluding ortho intramolecular Hbond substituents is 1. The summed E-state index contributed by atoms with van der Waals surface area (Å²) in [5, 5.41) is 15.8. The van der Waals surface area contributed by atoms with Gasteiger partial charge in [0.2, 0.25) is 0 Å². The number of nitrogens with one attached hydrogen (secondary N) is 2. The average Bonchev–Trinajstić information content (AvgIpc) is 3.05. The van der Waals surface area contributed by atoms with Gasteiger partial charge in [-0.3, -0.25) is 4.99 Å². The minimum Gasteiger partial charge on any atom is -0.505 e. The van der Waals surface area contributed by atoms with Gasteiger partial charge in [-0.25, -0.2) is 4.39 Å². The molecule has 1 saturated carbocycles. The molecule has 0 unspecified atom stereocenters. The predicted molar refractivity (Wildman–Crippen MR) is 109 cm³/mol. The number of guanidine groups is 1. The fourth-order valence-electron chi connectivity index (χ4n) is 3.30. The summed E-state index contributed by atoms with van der Waals surface area (Å²) in [7, 11) is 3.47. The molecule has 0 aromatic heterocycles.